The van der Waals surface area contributed by atoms with Gasteiger partial charge in [0.25, 0.3) is 0 Å². The lowest BCUT2D eigenvalue weighted by Gasteiger charge is -2.40. The zero-order chi connectivity index (χ0) is 9.28. The SMILES string of the molecule is [B]C(CI)C(C)(O)C(C)(C)O. The summed E-state index contributed by atoms with van der Waals surface area (Å²) in [6.07, 6.45) is 0. The lowest BCUT2D eigenvalue weighted by molar-refractivity contribution is -0.119. The molecule has 2 atom stereocenters. The zero-order valence-electron chi connectivity index (χ0n) is 7.13. The number of hydrogen-bond acceptors (Lipinski definition) is 2. The van der Waals surface area contributed by atoms with Crippen LogP contribution in [0.25, 0.3) is 0 Å². The standard InChI is InChI=1S/C7H14BIO2/c1-6(2,10)7(3,11)5(8)4-9/h5,10-11H,4H2,1-3H3. The number of alkyl halides is 1. The van der Waals surface area contributed by atoms with Crippen LogP contribution in [0.1, 0.15) is 20.8 Å². The first-order valence-electron chi connectivity index (χ1n) is 3.49. The second-order valence-electron chi connectivity index (χ2n) is 3.47. The van der Waals surface area contributed by atoms with E-state index in [0.717, 1.165) is 0 Å². The fraction of sp³-hybridized carbons (Fsp3) is 1.00. The monoisotopic (exact) mass is 268 g/mol. The number of halogens is 1. The van der Waals surface area contributed by atoms with Crippen molar-refractivity contribution < 1.29 is 10.2 Å². The molecule has 0 spiro atoms. The fourth-order valence-corrected chi connectivity index (χ4v) is 1.46. The van der Waals surface area contributed by atoms with Crippen LogP contribution in [0.15, 0.2) is 0 Å². The molecule has 4 heteroatoms. The highest BCUT2D eigenvalue weighted by Gasteiger charge is 2.41. The Morgan fingerprint density at radius 3 is 1.82 bits per heavy atom. The Morgan fingerprint density at radius 2 is 1.73 bits per heavy atom. The summed E-state index contributed by atoms with van der Waals surface area (Å²) in [5.74, 6) is -0.400. The largest absolute Gasteiger partial charge is 0.388 e. The molecular weight excluding hydrogens is 254 g/mol. The fourth-order valence-electron chi connectivity index (χ4n) is 0.604. The minimum Gasteiger partial charge on any atom is -0.388 e. The summed E-state index contributed by atoms with van der Waals surface area (Å²) >= 11 is 2.08. The van der Waals surface area contributed by atoms with Crippen LogP contribution in [0.4, 0.5) is 0 Å². The molecular formula is C7H14BIO2. The molecule has 0 aromatic carbocycles. The molecule has 0 rings (SSSR count). The van der Waals surface area contributed by atoms with Crippen LogP contribution in [0.2, 0.25) is 5.82 Å². The average molecular weight is 268 g/mol. The van der Waals surface area contributed by atoms with E-state index in [1.54, 1.807) is 20.8 Å². The predicted octanol–water partition coefficient (Wildman–Crippen LogP) is 0.900. The molecule has 0 saturated carbocycles. The van der Waals surface area contributed by atoms with Gasteiger partial charge in [-0.15, -0.1) is 0 Å². The number of aliphatic hydroxyl groups is 2. The highest BCUT2D eigenvalue weighted by atomic mass is 127. The molecule has 11 heavy (non-hydrogen) atoms. The van der Waals surface area contributed by atoms with Crippen molar-refractivity contribution in [2.45, 2.75) is 37.8 Å². The Labute approximate surface area is 82.9 Å². The zero-order valence-corrected chi connectivity index (χ0v) is 9.29. The summed E-state index contributed by atoms with van der Waals surface area (Å²) in [7, 11) is 5.62. The predicted molar refractivity (Wildman–Crippen MR) is 55.3 cm³/mol. The van der Waals surface area contributed by atoms with Crippen LogP contribution < -0.4 is 0 Å². The highest BCUT2D eigenvalue weighted by molar-refractivity contribution is 14.1. The van der Waals surface area contributed by atoms with Crippen LogP contribution in [0.3, 0.4) is 0 Å². The average Bonchev–Trinajstić information content (AvgIpc) is 1.83. The Morgan fingerprint density at radius 1 is 1.36 bits per heavy atom. The lowest BCUT2D eigenvalue weighted by atomic mass is 9.68. The van der Waals surface area contributed by atoms with Gasteiger partial charge in [0.2, 0.25) is 0 Å². The molecule has 2 radical (unpaired) electrons. The quantitative estimate of drug-likeness (QED) is 0.453. The Kier molecular flexibility index (Phi) is 3.85. The van der Waals surface area contributed by atoms with Crippen molar-refractivity contribution >= 4 is 30.4 Å². The van der Waals surface area contributed by atoms with Crippen molar-refractivity contribution in [3.63, 3.8) is 0 Å². The summed E-state index contributed by atoms with van der Waals surface area (Å²) in [5.41, 5.74) is -2.38. The third-order valence-corrected chi connectivity index (χ3v) is 3.08. The molecule has 0 aromatic heterocycles. The highest BCUT2D eigenvalue weighted by Crippen LogP contribution is 2.32. The normalized spacial score (nSPS) is 20.9. The molecule has 0 bridgehead atoms. The first-order valence-corrected chi connectivity index (χ1v) is 5.02. The molecule has 0 amide bonds. The van der Waals surface area contributed by atoms with Gasteiger partial charge in [-0.2, -0.15) is 0 Å². The Hall–Kier alpha value is 0.715. The van der Waals surface area contributed by atoms with E-state index in [4.69, 9.17) is 7.85 Å². The molecule has 0 fully saturated rings. The Balaban J connectivity index is 4.45. The minimum atomic E-state index is -1.23. The van der Waals surface area contributed by atoms with E-state index < -0.39 is 17.0 Å². The van der Waals surface area contributed by atoms with E-state index in [1.165, 1.54) is 0 Å². The van der Waals surface area contributed by atoms with E-state index >= 15 is 0 Å². The summed E-state index contributed by atoms with van der Waals surface area (Å²) in [5, 5.41) is 19.3. The van der Waals surface area contributed by atoms with Crippen molar-refractivity contribution in [3.8, 4) is 0 Å². The van der Waals surface area contributed by atoms with Gasteiger partial charge in [0.15, 0.2) is 0 Å². The molecule has 0 saturated heterocycles. The maximum Gasteiger partial charge on any atom is 0.0870 e. The van der Waals surface area contributed by atoms with Gasteiger partial charge in [-0.25, -0.2) is 0 Å². The molecule has 64 valence electrons. The van der Waals surface area contributed by atoms with Crippen LogP contribution in [-0.2, 0) is 0 Å². The van der Waals surface area contributed by atoms with Gasteiger partial charge in [-0.3, -0.25) is 0 Å². The third kappa shape index (κ3) is 2.59. The Bertz CT molecular complexity index is 131. The second kappa shape index (κ2) is 3.62. The van der Waals surface area contributed by atoms with Crippen LogP contribution in [0, 0.1) is 0 Å². The van der Waals surface area contributed by atoms with Gasteiger partial charge in [0.1, 0.15) is 0 Å². The number of hydrogen-bond donors (Lipinski definition) is 2. The topological polar surface area (TPSA) is 40.5 Å². The van der Waals surface area contributed by atoms with Crippen molar-refractivity contribution in [2.75, 3.05) is 4.43 Å². The van der Waals surface area contributed by atoms with Gasteiger partial charge in [-0.05, 0) is 31.0 Å². The van der Waals surface area contributed by atoms with E-state index in [9.17, 15) is 10.2 Å². The second-order valence-corrected chi connectivity index (χ2v) is 4.35. The van der Waals surface area contributed by atoms with E-state index in [1.807, 2.05) is 0 Å². The van der Waals surface area contributed by atoms with Gasteiger partial charge in [0, 0.05) is 0 Å². The van der Waals surface area contributed by atoms with Gasteiger partial charge < -0.3 is 10.2 Å². The van der Waals surface area contributed by atoms with Crippen molar-refractivity contribution in [1.29, 1.82) is 0 Å². The molecule has 2 unspecified atom stereocenters. The number of rotatable bonds is 3. The summed E-state index contributed by atoms with van der Waals surface area (Å²) in [4.78, 5) is 0. The van der Waals surface area contributed by atoms with Crippen LogP contribution in [0.5, 0.6) is 0 Å². The van der Waals surface area contributed by atoms with Crippen LogP contribution >= 0.6 is 22.6 Å². The maximum absolute atomic E-state index is 9.74. The van der Waals surface area contributed by atoms with Crippen molar-refractivity contribution in [3.05, 3.63) is 0 Å². The molecule has 0 aliphatic heterocycles. The first-order chi connectivity index (χ1) is 4.73. The molecule has 2 N–H and O–H groups in total. The molecule has 0 aliphatic rings. The van der Waals surface area contributed by atoms with Crippen LogP contribution in [-0.4, -0.2) is 33.7 Å². The van der Waals surface area contributed by atoms with E-state index in [-0.39, 0.29) is 0 Å². The smallest absolute Gasteiger partial charge is 0.0870 e. The summed E-state index contributed by atoms with van der Waals surface area (Å²) in [6.45, 7) is 4.66. The maximum atomic E-state index is 9.74. The first kappa shape index (κ1) is 11.7. The molecule has 0 heterocycles. The lowest BCUT2D eigenvalue weighted by Crippen LogP contribution is -2.51. The van der Waals surface area contributed by atoms with Crippen molar-refractivity contribution in [1.82, 2.24) is 0 Å². The minimum absolute atomic E-state index is 0.400. The van der Waals surface area contributed by atoms with Gasteiger partial charge >= 0.3 is 0 Å². The van der Waals surface area contributed by atoms with Gasteiger partial charge in [0.05, 0.1) is 19.0 Å². The van der Waals surface area contributed by atoms with E-state index in [0.29, 0.717) is 4.43 Å². The van der Waals surface area contributed by atoms with Gasteiger partial charge in [-0.1, -0.05) is 22.6 Å². The third-order valence-electron chi connectivity index (χ3n) is 2.13. The van der Waals surface area contributed by atoms with Crippen molar-refractivity contribution in [2.24, 2.45) is 0 Å². The molecule has 0 aromatic rings. The van der Waals surface area contributed by atoms with E-state index in [2.05, 4.69) is 22.6 Å². The molecule has 2 nitrogen and oxygen atoms in total. The summed E-state index contributed by atoms with van der Waals surface area (Å²) in [6, 6.07) is 0. The molecule has 0 aliphatic carbocycles. The summed E-state index contributed by atoms with van der Waals surface area (Å²) < 4.78 is 0.620.